The average molecular weight is 307 g/mol. The van der Waals surface area contributed by atoms with Crippen molar-refractivity contribution in [3.63, 3.8) is 0 Å². The van der Waals surface area contributed by atoms with E-state index in [-0.39, 0.29) is 0 Å². The van der Waals surface area contributed by atoms with E-state index in [1.54, 1.807) is 23.9 Å². The highest BCUT2D eigenvalue weighted by Gasteiger charge is 2.06. The molecule has 0 aliphatic rings. The Morgan fingerprint density at radius 3 is 2.88 bits per heavy atom. The monoisotopic (exact) mass is 306 g/mol. The summed E-state index contributed by atoms with van der Waals surface area (Å²) in [6.45, 7) is 0. The van der Waals surface area contributed by atoms with Gasteiger partial charge in [-0.1, -0.05) is 34.5 Å². The molecule has 90 valence electrons. The molecule has 2 rings (SSSR count). The van der Waals surface area contributed by atoms with Gasteiger partial charge in [-0.2, -0.15) is 0 Å². The van der Waals surface area contributed by atoms with Crippen molar-refractivity contribution >= 4 is 51.4 Å². The minimum absolute atomic E-state index is 0.595. The molecule has 0 saturated heterocycles. The van der Waals surface area contributed by atoms with E-state index in [1.165, 1.54) is 11.3 Å². The third kappa shape index (κ3) is 3.46. The van der Waals surface area contributed by atoms with Crippen LogP contribution in [0.1, 0.15) is 5.01 Å². The topological polar surface area (TPSA) is 63.8 Å². The average Bonchev–Trinajstić information content (AvgIpc) is 2.78. The lowest BCUT2D eigenvalue weighted by atomic mass is 10.4. The van der Waals surface area contributed by atoms with Crippen LogP contribution in [0, 0.1) is 0 Å². The Labute approximate surface area is 116 Å². The van der Waals surface area contributed by atoms with Crippen molar-refractivity contribution in [1.29, 1.82) is 0 Å². The number of aromatic nitrogens is 2. The van der Waals surface area contributed by atoms with Gasteiger partial charge in [-0.05, 0) is 18.2 Å². The van der Waals surface area contributed by atoms with Crippen LogP contribution in [0.15, 0.2) is 23.1 Å². The Balaban J connectivity index is 2.04. The van der Waals surface area contributed by atoms with Crippen molar-refractivity contribution in [2.75, 3.05) is 5.43 Å². The van der Waals surface area contributed by atoms with Gasteiger partial charge in [0, 0.05) is 9.92 Å². The molecular formula is C9H8Cl2N4S2. The Morgan fingerprint density at radius 2 is 2.18 bits per heavy atom. The molecule has 1 aromatic heterocycles. The highest BCUT2D eigenvalue weighted by molar-refractivity contribution is 7.98. The van der Waals surface area contributed by atoms with Gasteiger partial charge in [-0.3, -0.25) is 5.43 Å². The summed E-state index contributed by atoms with van der Waals surface area (Å²) in [6.07, 6.45) is 0. The first-order valence-electron chi connectivity index (χ1n) is 4.56. The van der Waals surface area contributed by atoms with Crippen molar-refractivity contribution in [3.05, 3.63) is 33.3 Å². The summed E-state index contributed by atoms with van der Waals surface area (Å²) in [7, 11) is 0. The molecule has 8 heteroatoms. The summed E-state index contributed by atoms with van der Waals surface area (Å²) >= 11 is 14.9. The Hall–Kier alpha value is -0.530. The van der Waals surface area contributed by atoms with Gasteiger partial charge in [0.05, 0.1) is 10.8 Å². The number of rotatable bonds is 4. The van der Waals surface area contributed by atoms with Crippen molar-refractivity contribution in [2.24, 2.45) is 5.84 Å². The summed E-state index contributed by atoms with van der Waals surface area (Å²) in [4.78, 5) is 0.927. The number of nitrogens with one attached hydrogen (secondary N) is 1. The number of hydrazine groups is 1. The molecule has 0 unspecified atom stereocenters. The van der Waals surface area contributed by atoms with E-state index in [1.807, 2.05) is 6.07 Å². The Kier molecular flexibility index (Phi) is 4.47. The van der Waals surface area contributed by atoms with Gasteiger partial charge in [0.25, 0.3) is 0 Å². The fourth-order valence-electron chi connectivity index (χ4n) is 1.10. The first-order valence-corrected chi connectivity index (χ1v) is 7.11. The fraction of sp³-hybridized carbons (Fsp3) is 0.111. The molecule has 0 fully saturated rings. The molecule has 4 nitrogen and oxygen atoms in total. The standard InChI is InChI=1S/C9H8Cl2N4S2/c10-5-1-2-6(11)7(3-5)16-4-8-14-15-9(13-12)17-8/h1-3H,4,12H2,(H,13,15). The van der Waals surface area contributed by atoms with E-state index >= 15 is 0 Å². The normalized spacial score (nSPS) is 10.5. The quantitative estimate of drug-likeness (QED) is 0.515. The highest BCUT2D eigenvalue weighted by atomic mass is 35.5. The van der Waals surface area contributed by atoms with E-state index in [0.29, 0.717) is 20.9 Å². The van der Waals surface area contributed by atoms with Crippen LogP contribution in [0.5, 0.6) is 0 Å². The largest absolute Gasteiger partial charge is 0.298 e. The van der Waals surface area contributed by atoms with Crippen molar-refractivity contribution in [2.45, 2.75) is 10.6 Å². The van der Waals surface area contributed by atoms with Gasteiger partial charge >= 0.3 is 0 Å². The maximum absolute atomic E-state index is 6.05. The first-order chi connectivity index (χ1) is 8.19. The predicted molar refractivity (Wildman–Crippen MR) is 73.7 cm³/mol. The van der Waals surface area contributed by atoms with Gasteiger partial charge in [-0.25, -0.2) is 5.84 Å². The number of nitrogen functional groups attached to an aromatic ring is 1. The van der Waals surface area contributed by atoms with Crippen LogP contribution in [0.3, 0.4) is 0 Å². The number of nitrogens with zero attached hydrogens (tertiary/aromatic N) is 2. The lowest BCUT2D eigenvalue weighted by Gasteiger charge is -2.02. The SMILES string of the molecule is NNc1nnc(CSc2cc(Cl)ccc2Cl)s1. The zero-order chi connectivity index (χ0) is 12.3. The van der Waals surface area contributed by atoms with Crippen LogP contribution in [-0.2, 0) is 5.75 Å². The van der Waals surface area contributed by atoms with Crippen molar-refractivity contribution < 1.29 is 0 Å². The Morgan fingerprint density at radius 1 is 1.35 bits per heavy atom. The molecule has 0 aliphatic carbocycles. The van der Waals surface area contributed by atoms with E-state index in [4.69, 9.17) is 29.0 Å². The fourth-order valence-corrected chi connectivity index (χ4v) is 3.23. The molecule has 0 spiro atoms. The van der Waals surface area contributed by atoms with E-state index < -0.39 is 0 Å². The molecule has 0 aliphatic heterocycles. The van der Waals surface area contributed by atoms with E-state index in [0.717, 1.165) is 9.90 Å². The molecule has 0 radical (unpaired) electrons. The molecule has 17 heavy (non-hydrogen) atoms. The lowest BCUT2D eigenvalue weighted by molar-refractivity contribution is 1.03. The van der Waals surface area contributed by atoms with Crippen LogP contribution in [0.2, 0.25) is 10.0 Å². The highest BCUT2D eigenvalue weighted by Crippen LogP contribution is 2.32. The number of hydrogen-bond donors (Lipinski definition) is 2. The number of benzene rings is 1. The van der Waals surface area contributed by atoms with E-state index in [9.17, 15) is 0 Å². The van der Waals surface area contributed by atoms with E-state index in [2.05, 4.69) is 15.6 Å². The van der Waals surface area contributed by atoms with Gasteiger partial charge in [0.1, 0.15) is 5.01 Å². The van der Waals surface area contributed by atoms with Gasteiger partial charge < -0.3 is 0 Å². The molecule has 2 aromatic rings. The minimum atomic E-state index is 0.595. The third-order valence-electron chi connectivity index (χ3n) is 1.83. The molecule has 1 aromatic carbocycles. The summed E-state index contributed by atoms with van der Waals surface area (Å²) in [5.74, 6) is 5.91. The molecule has 0 atom stereocenters. The van der Waals surface area contributed by atoms with Crippen molar-refractivity contribution in [3.8, 4) is 0 Å². The smallest absolute Gasteiger partial charge is 0.219 e. The summed E-state index contributed by atoms with van der Waals surface area (Å²) in [5.41, 5.74) is 2.45. The maximum Gasteiger partial charge on any atom is 0.219 e. The molecule has 0 bridgehead atoms. The van der Waals surface area contributed by atoms with Gasteiger partial charge in [0.2, 0.25) is 5.13 Å². The number of thioether (sulfide) groups is 1. The second-order valence-corrected chi connectivity index (χ2v) is 5.93. The summed E-state index contributed by atoms with van der Waals surface area (Å²) in [6, 6.07) is 5.37. The second-order valence-electron chi connectivity index (χ2n) is 3.01. The van der Waals surface area contributed by atoms with Crippen LogP contribution in [0.4, 0.5) is 5.13 Å². The number of hydrogen-bond acceptors (Lipinski definition) is 6. The zero-order valence-corrected chi connectivity index (χ0v) is 11.6. The summed E-state index contributed by atoms with van der Waals surface area (Å²) < 4.78 is 0. The molecule has 0 amide bonds. The minimum Gasteiger partial charge on any atom is -0.298 e. The van der Waals surface area contributed by atoms with Crippen LogP contribution in [-0.4, -0.2) is 10.2 Å². The maximum atomic E-state index is 6.05. The van der Waals surface area contributed by atoms with Crippen LogP contribution >= 0.6 is 46.3 Å². The number of nitrogens with two attached hydrogens (primary N) is 1. The Bertz CT molecular complexity index is 517. The van der Waals surface area contributed by atoms with Crippen LogP contribution < -0.4 is 11.3 Å². The number of anilines is 1. The lowest BCUT2D eigenvalue weighted by Crippen LogP contribution is -2.05. The molecule has 0 saturated carbocycles. The first kappa shape index (κ1) is 12.9. The predicted octanol–water partition coefficient (Wildman–Crippen LogP) is 3.42. The van der Waals surface area contributed by atoms with Crippen LogP contribution in [0.25, 0.3) is 0 Å². The third-order valence-corrected chi connectivity index (χ3v) is 4.62. The zero-order valence-electron chi connectivity index (χ0n) is 8.48. The number of halogens is 2. The van der Waals surface area contributed by atoms with Gasteiger partial charge in [-0.15, -0.1) is 22.0 Å². The second kappa shape index (κ2) is 5.88. The molecular weight excluding hydrogens is 299 g/mol. The molecule has 1 heterocycles. The summed E-state index contributed by atoms with van der Waals surface area (Å²) in [5, 5.41) is 10.6. The van der Waals surface area contributed by atoms with Crippen molar-refractivity contribution in [1.82, 2.24) is 10.2 Å². The molecule has 3 N–H and O–H groups in total. The van der Waals surface area contributed by atoms with Gasteiger partial charge in [0.15, 0.2) is 0 Å².